The lowest BCUT2D eigenvalue weighted by Gasteiger charge is -2.16. The number of benzene rings is 3. The Labute approximate surface area is 161 Å². The molecule has 0 saturated carbocycles. The zero-order chi connectivity index (χ0) is 19.1. The second kappa shape index (κ2) is 9.18. The van der Waals surface area contributed by atoms with Crippen LogP contribution in [-0.2, 0) is 11.2 Å². The summed E-state index contributed by atoms with van der Waals surface area (Å²) < 4.78 is 5.72. The summed E-state index contributed by atoms with van der Waals surface area (Å²) in [6.07, 6.45) is 2.78. The smallest absolute Gasteiger partial charge is 0.338 e. The van der Waals surface area contributed by atoms with Gasteiger partial charge in [-0.25, -0.2) is 4.79 Å². The first-order chi connectivity index (χ1) is 13.2. The highest BCUT2D eigenvalue weighted by molar-refractivity contribution is 5.90. The molecular formula is C25H26O2. The summed E-state index contributed by atoms with van der Waals surface area (Å²) in [7, 11) is 0. The zero-order valence-corrected chi connectivity index (χ0v) is 16.0. The molecule has 0 spiro atoms. The van der Waals surface area contributed by atoms with Crippen LogP contribution >= 0.6 is 0 Å². The van der Waals surface area contributed by atoms with Crippen molar-refractivity contribution in [1.82, 2.24) is 0 Å². The highest BCUT2D eigenvalue weighted by atomic mass is 16.5. The predicted octanol–water partition coefficient (Wildman–Crippen LogP) is 6.61. The number of esters is 1. The normalized spacial score (nSPS) is 11.8. The minimum Gasteiger partial charge on any atom is -0.454 e. The molecule has 3 aromatic carbocycles. The fourth-order valence-corrected chi connectivity index (χ4v) is 3.20. The lowest BCUT2D eigenvalue weighted by atomic mass is 10.0. The van der Waals surface area contributed by atoms with Gasteiger partial charge in [0.15, 0.2) is 0 Å². The van der Waals surface area contributed by atoms with Gasteiger partial charge in [0.2, 0.25) is 0 Å². The number of hydrogen-bond acceptors (Lipinski definition) is 2. The van der Waals surface area contributed by atoms with Crippen molar-refractivity contribution in [2.45, 2.75) is 39.2 Å². The molecule has 0 aliphatic heterocycles. The van der Waals surface area contributed by atoms with Crippen molar-refractivity contribution in [3.05, 3.63) is 95.6 Å². The number of hydrogen-bond donors (Lipinski definition) is 0. The summed E-state index contributed by atoms with van der Waals surface area (Å²) in [5.74, 6) is -0.282. The van der Waals surface area contributed by atoms with Crippen molar-refractivity contribution in [3.8, 4) is 11.1 Å². The number of aryl methyl sites for hydroxylation is 1. The molecule has 27 heavy (non-hydrogen) atoms. The van der Waals surface area contributed by atoms with E-state index in [9.17, 15) is 4.79 Å². The van der Waals surface area contributed by atoms with Gasteiger partial charge < -0.3 is 4.74 Å². The molecule has 0 N–H and O–H groups in total. The number of carbonyl (C=O) groups excluding carboxylic acids is 1. The maximum absolute atomic E-state index is 12.5. The van der Waals surface area contributed by atoms with E-state index in [-0.39, 0.29) is 12.1 Å². The third-order valence-electron chi connectivity index (χ3n) is 4.74. The Bertz CT molecular complexity index is 849. The van der Waals surface area contributed by atoms with Crippen molar-refractivity contribution in [2.75, 3.05) is 0 Å². The van der Waals surface area contributed by atoms with Gasteiger partial charge in [0.25, 0.3) is 0 Å². The van der Waals surface area contributed by atoms with E-state index in [1.807, 2.05) is 61.5 Å². The Morgan fingerprint density at radius 1 is 0.815 bits per heavy atom. The predicted molar refractivity (Wildman–Crippen MR) is 111 cm³/mol. The highest BCUT2D eigenvalue weighted by Crippen LogP contribution is 2.24. The van der Waals surface area contributed by atoms with Crippen LogP contribution in [0.2, 0.25) is 0 Å². The van der Waals surface area contributed by atoms with Crippen LogP contribution in [0.25, 0.3) is 11.1 Å². The second-order valence-corrected chi connectivity index (χ2v) is 6.74. The maximum Gasteiger partial charge on any atom is 0.338 e. The molecule has 0 fully saturated rings. The Morgan fingerprint density at radius 2 is 1.41 bits per heavy atom. The molecule has 0 aliphatic rings. The summed E-state index contributed by atoms with van der Waals surface area (Å²) in [4.78, 5) is 12.5. The molecule has 1 unspecified atom stereocenters. The van der Waals surface area contributed by atoms with E-state index in [0.29, 0.717) is 5.56 Å². The number of carbonyl (C=O) groups is 1. The van der Waals surface area contributed by atoms with Crippen molar-refractivity contribution < 1.29 is 9.53 Å². The number of ether oxygens (including phenoxy) is 1. The molecule has 138 valence electrons. The number of rotatable bonds is 7. The molecule has 2 heteroatoms. The van der Waals surface area contributed by atoms with Crippen LogP contribution in [0.4, 0.5) is 0 Å². The van der Waals surface area contributed by atoms with Crippen molar-refractivity contribution in [3.63, 3.8) is 0 Å². The average molecular weight is 358 g/mol. The van der Waals surface area contributed by atoms with E-state index >= 15 is 0 Å². The summed E-state index contributed by atoms with van der Waals surface area (Å²) in [5.41, 5.74) is 5.22. The molecule has 0 bridgehead atoms. The first-order valence-electron chi connectivity index (χ1n) is 9.66. The lowest BCUT2D eigenvalue weighted by molar-refractivity contribution is 0.0288. The van der Waals surface area contributed by atoms with Crippen molar-refractivity contribution in [2.24, 2.45) is 0 Å². The Kier molecular flexibility index (Phi) is 6.43. The van der Waals surface area contributed by atoms with Gasteiger partial charge in [-0.1, -0.05) is 87.0 Å². The van der Waals surface area contributed by atoms with Crippen LogP contribution in [-0.4, -0.2) is 5.97 Å². The van der Waals surface area contributed by atoms with E-state index in [0.717, 1.165) is 36.0 Å². The molecule has 0 aromatic heterocycles. The SMILES string of the molecule is CCCc1ccc(-c2ccc(C(=O)OC(CC)c3ccccc3)cc2)cc1. The molecule has 0 saturated heterocycles. The van der Waals surface area contributed by atoms with Gasteiger partial charge in [-0.2, -0.15) is 0 Å². The van der Waals surface area contributed by atoms with E-state index in [1.165, 1.54) is 5.56 Å². The molecule has 0 aliphatic carbocycles. The van der Waals surface area contributed by atoms with Crippen LogP contribution in [0.3, 0.4) is 0 Å². The fourth-order valence-electron chi connectivity index (χ4n) is 3.20. The van der Waals surface area contributed by atoms with Gasteiger partial charge in [-0.05, 0) is 47.2 Å². The van der Waals surface area contributed by atoms with Crippen LogP contribution in [0.1, 0.15) is 54.3 Å². The molecule has 3 aromatic rings. The monoisotopic (exact) mass is 358 g/mol. The largest absolute Gasteiger partial charge is 0.454 e. The maximum atomic E-state index is 12.5. The highest BCUT2D eigenvalue weighted by Gasteiger charge is 2.16. The topological polar surface area (TPSA) is 26.3 Å². The first-order valence-corrected chi connectivity index (χ1v) is 9.66. The van der Waals surface area contributed by atoms with Crippen LogP contribution in [0.5, 0.6) is 0 Å². The average Bonchev–Trinajstić information content (AvgIpc) is 2.73. The quantitative estimate of drug-likeness (QED) is 0.444. The van der Waals surface area contributed by atoms with Crippen LogP contribution in [0, 0.1) is 0 Å². The van der Waals surface area contributed by atoms with Crippen LogP contribution in [0.15, 0.2) is 78.9 Å². The van der Waals surface area contributed by atoms with Gasteiger partial charge in [0.05, 0.1) is 5.56 Å². The summed E-state index contributed by atoms with van der Waals surface area (Å²) in [6, 6.07) is 26.2. The zero-order valence-electron chi connectivity index (χ0n) is 16.0. The van der Waals surface area contributed by atoms with E-state index in [4.69, 9.17) is 4.74 Å². The van der Waals surface area contributed by atoms with E-state index in [2.05, 4.69) is 31.2 Å². The molecule has 0 heterocycles. The molecule has 0 amide bonds. The van der Waals surface area contributed by atoms with Gasteiger partial charge in [0, 0.05) is 0 Å². The molecule has 1 atom stereocenters. The molecular weight excluding hydrogens is 332 g/mol. The Balaban J connectivity index is 1.69. The summed E-state index contributed by atoms with van der Waals surface area (Å²) in [5, 5.41) is 0. The van der Waals surface area contributed by atoms with Crippen molar-refractivity contribution in [1.29, 1.82) is 0 Å². The minimum atomic E-state index is -0.282. The lowest BCUT2D eigenvalue weighted by Crippen LogP contribution is -2.11. The standard InChI is InChI=1S/C25H26O2/c1-3-8-19-11-13-20(14-12-19)21-15-17-23(18-16-21)25(26)27-24(4-2)22-9-6-5-7-10-22/h5-7,9-18,24H,3-4,8H2,1-2H3. The molecule has 2 nitrogen and oxygen atoms in total. The van der Waals surface area contributed by atoms with Gasteiger partial charge in [0.1, 0.15) is 6.10 Å². The first kappa shape index (κ1) is 18.9. The molecule has 3 rings (SSSR count). The van der Waals surface area contributed by atoms with E-state index < -0.39 is 0 Å². The minimum absolute atomic E-state index is 0.218. The van der Waals surface area contributed by atoms with Crippen LogP contribution < -0.4 is 0 Å². The van der Waals surface area contributed by atoms with Gasteiger partial charge >= 0.3 is 5.97 Å². The van der Waals surface area contributed by atoms with Gasteiger partial charge in [-0.15, -0.1) is 0 Å². The second-order valence-electron chi connectivity index (χ2n) is 6.74. The van der Waals surface area contributed by atoms with Gasteiger partial charge in [-0.3, -0.25) is 0 Å². The third-order valence-corrected chi connectivity index (χ3v) is 4.74. The Hall–Kier alpha value is -2.87. The Morgan fingerprint density at radius 3 is 1.96 bits per heavy atom. The third kappa shape index (κ3) is 4.85. The fraction of sp³-hybridized carbons (Fsp3) is 0.240. The van der Waals surface area contributed by atoms with E-state index in [1.54, 1.807) is 0 Å². The van der Waals surface area contributed by atoms with Crippen molar-refractivity contribution >= 4 is 5.97 Å². The summed E-state index contributed by atoms with van der Waals surface area (Å²) in [6.45, 7) is 4.21. The molecule has 0 radical (unpaired) electrons. The summed E-state index contributed by atoms with van der Waals surface area (Å²) >= 11 is 0.